The maximum Gasteiger partial charge on any atom is 0.260 e. The van der Waals surface area contributed by atoms with E-state index < -0.39 is 0 Å². The van der Waals surface area contributed by atoms with Gasteiger partial charge >= 0.3 is 0 Å². The number of anilines is 1. The Morgan fingerprint density at radius 2 is 1.90 bits per heavy atom. The first-order chi connectivity index (χ1) is 14.0. The number of nitrogens with zero attached hydrogens (tertiary/aromatic N) is 3. The topological polar surface area (TPSA) is 45.7 Å². The van der Waals surface area contributed by atoms with E-state index in [1.54, 1.807) is 11.0 Å². The number of carbonyl (C=O) groups excluding carboxylic acids is 1. The van der Waals surface area contributed by atoms with Crippen LogP contribution in [-0.4, -0.2) is 55.2 Å². The summed E-state index contributed by atoms with van der Waals surface area (Å²) in [6.07, 6.45) is 0. The highest BCUT2D eigenvalue weighted by Gasteiger charge is 2.23. The summed E-state index contributed by atoms with van der Waals surface area (Å²) in [5.41, 5.74) is 3.02. The summed E-state index contributed by atoms with van der Waals surface area (Å²) < 4.78 is 20.3. The summed E-state index contributed by atoms with van der Waals surface area (Å²) in [7, 11) is 0. The number of carbonyl (C=O) groups is 1. The lowest BCUT2D eigenvalue weighted by atomic mass is 10.1. The summed E-state index contributed by atoms with van der Waals surface area (Å²) in [6, 6.07) is 10.7. The van der Waals surface area contributed by atoms with Gasteiger partial charge in [0.15, 0.2) is 5.13 Å². The molecule has 3 aromatic rings. The number of morpholine rings is 1. The van der Waals surface area contributed by atoms with E-state index in [9.17, 15) is 9.18 Å². The van der Waals surface area contributed by atoms with Gasteiger partial charge in [0, 0.05) is 31.7 Å². The number of halogens is 2. The fourth-order valence-electron chi connectivity index (χ4n) is 3.62. The van der Waals surface area contributed by atoms with Crippen molar-refractivity contribution in [3.63, 3.8) is 0 Å². The maximum absolute atomic E-state index is 14.2. The molecule has 1 saturated heterocycles. The molecule has 30 heavy (non-hydrogen) atoms. The molecule has 0 spiro atoms. The van der Waals surface area contributed by atoms with E-state index in [1.165, 1.54) is 17.4 Å². The predicted molar refractivity (Wildman–Crippen MR) is 122 cm³/mol. The highest BCUT2D eigenvalue weighted by atomic mass is 35.5. The SMILES string of the molecule is Cc1cc(C)cc(C(=O)N(CCN2CCOCC2)c2nc3c(F)cccc3s2)c1.Cl. The van der Waals surface area contributed by atoms with Crippen LogP contribution in [0.4, 0.5) is 9.52 Å². The molecule has 0 saturated carbocycles. The summed E-state index contributed by atoms with van der Waals surface area (Å²) in [6.45, 7) is 8.28. The molecule has 8 heteroatoms. The molecule has 0 radical (unpaired) electrons. The largest absolute Gasteiger partial charge is 0.379 e. The number of hydrogen-bond donors (Lipinski definition) is 0. The molecule has 1 aromatic heterocycles. The number of fused-ring (bicyclic) bond motifs is 1. The van der Waals surface area contributed by atoms with E-state index >= 15 is 0 Å². The monoisotopic (exact) mass is 449 g/mol. The normalized spacial score (nSPS) is 14.5. The molecule has 1 aliphatic heterocycles. The maximum atomic E-state index is 14.2. The van der Waals surface area contributed by atoms with Gasteiger partial charge in [-0.25, -0.2) is 9.37 Å². The lowest BCUT2D eigenvalue weighted by Crippen LogP contribution is -2.43. The van der Waals surface area contributed by atoms with E-state index in [4.69, 9.17) is 4.74 Å². The molecule has 1 fully saturated rings. The molecule has 1 amide bonds. The van der Waals surface area contributed by atoms with E-state index in [-0.39, 0.29) is 24.1 Å². The zero-order valence-corrected chi connectivity index (χ0v) is 18.7. The zero-order chi connectivity index (χ0) is 20.4. The van der Waals surface area contributed by atoms with Gasteiger partial charge in [-0.3, -0.25) is 14.6 Å². The quantitative estimate of drug-likeness (QED) is 0.577. The average molecular weight is 450 g/mol. The number of thiazole rings is 1. The standard InChI is InChI=1S/C22H24FN3O2S.ClH/c1-15-12-16(2)14-17(13-15)21(27)26(7-6-25-8-10-28-11-9-25)22-24-20-18(23)4-3-5-19(20)29-22;/h3-5,12-14H,6-11H2,1-2H3;1H. The van der Waals surface area contributed by atoms with Crippen molar-refractivity contribution in [2.45, 2.75) is 13.8 Å². The predicted octanol–water partition coefficient (Wildman–Crippen LogP) is 4.45. The minimum atomic E-state index is -0.364. The molecule has 0 N–H and O–H groups in total. The van der Waals surface area contributed by atoms with Crippen molar-refractivity contribution in [3.8, 4) is 0 Å². The summed E-state index contributed by atoms with van der Waals surface area (Å²) in [5.74, 6) is -0.471. The van der Waals surface area contributed by atoms with Crippen LogP contribution in [0.1, 0.15) is 21.5 Å². The zero-order valence-electron chi connectivity index (χ0n) is 17.1. The van der Waals surface area contributed by atoms with Crippen LogP contribution in [0.25, 0.3) is 10.2 Å². The second-order valence-corrected chi connectivity index (χ2v) is 8.38. The van der Waals surface area contributed by atoms with Gasteiger partial charge < -0.3 is 4.74 Å². The van der Waals surface area contributed by atoms with Gasteiger partial charge in [0.05, 0.1) is 17.9 Å². The third-order valence-corrected chi connectivity index (χ3v) is 6.09. The third-order valence-electron chi connectivity index (χ3n) is 5.05. The Labute approximate surface area is 185 Å². The number of aromatic nitrogens is 1. The molecule has 2 heterocycles. The number of para-hydroxylation sites is 1. The Kier molecular flexibility index (Phi) is 7.41. The van der Waals surface area contributed by atoms with Crippen LogP contribution >= 0.6 is 23.7 Å². The molecular formula is C22H25ClFN3O2S. The van der Waals surface area contributed by atoms with Crippen molar-refractivity contribution in [1.82, 2.24) is 9.88 Å². The minimum Gasteiger partial charge on any atom is -0.379 e. The summed E-state index contributed by atoms with van der Waals surface area (Å²) in [5, 5.41) is 0.530. The van der Waals surface area contributed by atoms with Crippen molar-refractivity contribution in [2.75, 3.05) is 44.3 Å². The Morgan fingerprint density at radius 1 is 1.20 bits per heavy atom. The lowest BCUT2D eigenvalue weighted by Gasteiger charge is -2.29. The molecule has 0 aliphatic carbocycles. The van der Waals surface area contributed by atoms with Gasteiger partial charge in [0.25, 0.3) is 5.91 Å². The van der Waals surface area contributed by atoms with Gasteiger partial charge in [-0.15, -0.1) is 12.4 Å². The number of rotatable bonds is 5. The van der Waals surface area contributed by atoms with Crippen LogP contribution in [0.2, 0.25) is 0 Å². The Hall–Kier alpha value is -2.06. The first-order valence-corrected chi connectivity index (χ1v) is 10.6. The highest BCUT2D eigenvalue weighted by Crippen LogP contribution is 2.31. The molecule has 4 rings (SSSR count). The van der Waals surface area contributed by atoms with E-state index in [0.29, 0.717) is 36.0 Å². The number of aryl methyl sites for hydroxylation is 2. The van der Waals surface area contributed by atoms with Crippen LogP contribution in [-0.2, 0) is 4.74 Å². The molecule has 0 atom stereocenters. The van der Waals surface area contributed by atoms with Crippen LogP contribution in [0.5, 0.6) is 0 Å². The molecule has 1 aliphatic rings. The molecule has 5 nitrogen and oxygen atoms in total. The number of benzene rings is 2. The summed E-state index contributed by atoms with van der Waals surface area (Å²) >= 11 is 1.35. The fraction of sp³-hybridized carbons (Fsp3) is 0.364. The van der Waals surface area contributed by atoms with Gasteiger partial charge in [-0.1, -0.05) is 34.6 Å². The van der Waals surface area contributed by atoms with E-state index in [1.807, 2.05) is 38.1 Å². The third kappa shape index (κ3) is 4.98. The Morgan fingerprint density at radius 3 is 2.57 bits per heavy atom. The van der Waals surface area contributed by atoms with Crippen molar-refractivity contribution in [1.29, 1.82) is 0 Å². The van der Waals surface area contributed by atoms with E-state index in [0.717, 1.165) is 35.5 Å². The first-order valence-electron chi connectivity index (χ1n) is 9.76. The molecular weight excluding hydrogens is 425 g/mol. The number of ether oxygens (including phenoxy) is 1. The minimum absolute atomic E-state index is 0. The number of amides is 1. The Balaban J connectivity index is 0.00000256. The lowest BCUT2D eigenvalue weighted by molar-refractivity contribution is 0.0391. The molecule has 2 aromatic carbocycles. The van der Waals surface area contributed by atoms with Crippen molar-refractivity contribution in [3.05, 3.63) is 58.9 Å². The first kappa shape index (κ1) is 22.6. The van der Waals surface area contributed by atoms with Crippen LogP contribution in [0.15, 0.2) is 36.4 Å². The average Bonchev–Trinajstić information content (AvgIpc) is 3.13. The van der Waals surface area contributed by atoms with Gasteiger partial charge in [0.1, 0.15) is 11.3 Å². The Bertz CT molecular complexity index is 1020. The van der Waals surface area contributed by atoms with Crippen LogP contribution in [0.3, 0.4) is 0 Å². The molecule has 160 valence electrons. The summed E-state index contributed by atoms with van der Waals surface area (Å²) in [4.78, 5) is 21.9. The van der Waals surface area contributed by atoms with Gasteiger partial charge in [0.2, 0.25) is 0 Å². The molecule has 0 bridgehead atoms. The number of hydrogen-bond acceptors (Lipinski definition) is 5. The van der Waals surface area contributed by atoms with Crippen molar-refractivity contribution >= 4 is 45.0 Å². The second-order valence-electron chi connectivity index (χ2n) is 7.37. The van der Waals surface area contributed by atoms with Crippen molar-refractivity contribution < 1.29 is 13.9 Å². The second kappa shape index (κ2) is 9.83. The highest BCUT2D eigenvalue weighted by molar-refractivity contribution is 7.22. The van der Waals surface area contributed by atoms with Crippen LogP contribution < -0.4 is 4.90 Å². The smallest absolute Gasteiger partial charge is 0.260 e. The molecule has 0 unspecified atom stereocenters. The van der Waals surface area contributed by atoms with Gasteiger partial charge in [-0.2, -0.15) is 0 Å². The van der Waals surface area contributed by atoms with Gasteiger partial charge in [-0.05, 0) is 38.1 Å². The van der Waals surface area contributed by atoms with Crippen molar-refractivity contribution in [2.24, 2.45) is 0 Å². The fourth-order valence-corrected chi connectivity index (χ4v) is 4.63. The van der Waals surface area contributed by atoms with E-state index in [2.05, 4.69) is 9.88 Å². The van der Waals surface area contributed by atoms with Crippen LogP contribution in [0, 0.1) is 19.7 Å².